The zero-order valence-corrected chi connectivity index (χ0v) is 16.7. The molecule has 0 saturated heterocycles. The van der Waals surface area contributed by atoms with Gasteiger partial charge in [0.25, 0.3) is 0 Å². The molecule has 2 N–H and O–H groups in total. The topological polar surface area (TPSA) is 58.2 Å². The number of rotatable bonds is 7. The number of aryl methyl sites for hydroxylation is 1. The maximum atomic E-state index is 12.3. The number of amides is 2. The number of anilines is 2. The van der Waals surface area contributed by atoms with Gasteiger partial charge in [-0.3, -0.25) is 9.59 Å². The van der Waals surface area contributed by atoms with Crippen molar-refractivity contribution in [2.75, 3.05) is 16.4 Å². The molecule has 0 bridgehead atoms. The van der Waals surface area contributed by atoms with Crippen molar-refractivity contribution >= 4 is 46.6 Å². The Morgan fingerprint density at radius 2 is 1.81 bits per heavy atom. The maximum Gasteiger partial charge on any atom is 0.237 e. The minimum absolute atomic E-state index is 0.127. The minimum Gasteiger partial charge on any atom is -0.325 e. The van der Waals surface area contributed by atoms with E-state index in [0.29, 0.717) is 10.7 Å². The maximum absolute atomic E-state index is 12.3. The molecule has 1 atom stereocenters. The van der Waals surface area contributed by atoms with Gasteiger partial charge >= 0.3 is 0 Å². The quantitative estimate of drug-likeness (QED) is 0.706. The molecule has 0 aliphatic rings. The lowest BCUT2D eigenvalue weighted by molar-refractivity contribution is -0.115. The van der Waals surface area contributed by atoms with E-state index in [4.69, 9.17) is 11.6 Å². The first-order valence-corrected chi connectivity index (χ1v) is 9.89. The van der Waals surface area contributed by atoms with E-state index in [1.807, 2.05) is 37.3 Å². The van der Waals surface area contributed by atoms with Crippen LogP contribution in [0.25, 0.3) is 0 Å². The van der Waals surface area contributed by atoms with E-state index in [2.05, 4.69) is 17.6 Å². The van der Waals surface area contributed by atoms with Gasteiger partial charge in [-0.15, -0.1) is 11.8 Å². The van der Waals surface area contributed by atoms with Crippen LogP contribution >= 0.6 is 23.4 Å². The largest absolute Gasteiger partial charge is 0.325 e. The Labute approximate surface area is 163 Å². The summed E-state index contributed by atoms with van der Waals surface area (Å²) in [5.74, 6) is -0.0724. The Morgan fingerprint density at radius 1 is 1.12 bits per heavy atom. The molecule has 26 heavy (non-hydrogen) atoms. The van der Waals surface area contributed by atoms with Crippen molar-refractivity contribution in [3.05, 3.63) is 58.6 Å². The molecule has 0 aromatic heterocycles. The normalized spacial score (nSPS) is 11.7. The molecule has 0 aliphatic heterocycles. The summed E-state index contributed by atoms with van der Waals surface area (Å²) < 4.78 is 0. The van der Waals surface area contributed by atoms with Crippen LogP contribution in [0.5, 0.6) is 0 Å². The molecule has 6 heteroatoms. The predicted molar refractivity (Wildman–Crippen MR) is 111 cm³/mol. The molecule has 2 aromatic carbocycles. The summed E-state index contributed by atoms with van der Waals surface area (Å²) in [6, 6.07) is 13.1. The van der Waals surface area contributed by atoms with E-state index in [1.54, 1.807) is 19.1 Å². The van der Waals surface area contributed by atoms with Gasteiger partial charge < -0.3 is 10.6 Å². The number of carbonyl (C=O) groups is 2. The summed E-state index contributed by atoms with van der Waals surface area (Å²) in [6.45, 7) is 5.72. The lowest BCUT2D eigenvalue weighted by Gasteiger charge is -2.14. The first-order valence-electron chi connectivity index (χ1n) is 8.47. The molecule has 2 aromatic rings. The first kappa shape index (κ1) is 20.3. The first-order chi connectivity index (χ1) is 12.4. The highest BCUT2D eigenvalue weighted by atomic mass is 35.5. The third kappa shape index (κ3) is 5.78. The summed E-state index contributed by atoms with van der Waals surface area (Å²) in [5.41, 5.74) is 3.50. The standard InChI is InChI=1S/C20H23ClN2O2S/c1-4-15-8-10-16(11-9-15)22-19(24)12-26-14(3)20(25)23-18-7-5-6-17(21)13(18)2/h5-11,14H,4,12H2,1-3H3,(H,22,24)(H,23,25)/t14-/m0/s1. The number of halogens is 1. The molecule has 0 radical (unpaired) electrons. The van der Waals surface area contributed by atoms with E-state index in [0.717, 1.165) is 17.7 Å². The third-order valence-corrected chi connectivity index (χ3v) is 5.56. The average Bonchev–Trinajstić information content (AvgIpc) is 2.64. The number of benzene rings is 2. The molecule has 0 saturated carbocycles. The number of carbonyl (C=O) groups excluding carboxylic acids is 2. The Morgan fingerprint density at radius 3 is 2.46 bits per heavy atom. The van der Waals surface area contributed by atoms with Crippen LogP contribution in [0, 0.1) is 6.92 Å². The smallest absolute Gasteiger partial charge is 0.237 e. The summed E-state index contributed by atoms with van der Waals surface area (Å²) in [5, 5.41) is 5.95. The van der Waals surface area contributed by atoms with E-state index in [-0.39, 0.29) is 22.8 Å². The van der Waals surface area contributed by atoms with Gasteiger partial charge in [0.05, 0.1) is 11.0 Å². The Hall–Kier alpha value is -1.98. The minimum atomic E-state index is -0.360. The van der Waals surface area contributed by atoms with Crippen molar-refractivity contribution < 1.29 is 9.59 Å². The number of hydrogen-bond acceptors (Lipinski definition) is 3. The highest BCUT2D eigenvalue weighted by molar-refractivity contribution is 8.01. The van der Waals surface area contributed by atoms with Crippen LogP contribution in [0.15, 0.2) is 42.5 Å². The number of nitrogens with one attached hydrogen (secondary N) is 2. The molecule has 0 spiro atoms. The molecular weight excluding hydrogens is 368 g/mol. The Kier molecular flexibility index (Phi) is 7.54. The van der Waals surface area contributed by atoms with Gasteiger partial charge in [0.15, 0.2) is 0 Å². The van der Waals surface area contributed by atoms with Crippen LogP contribution in [0.4, 0.5) is 11.4 Å². The molecule has 2 rings (SSSR count). The lowest BCUT2D eigenvalue weighted by Crippen LogP contribution is -2.25. The lowest BCUT2D eigenvalue weighted by atomic mass is 10.1. The highest BCUT2D eigenvalue weighted by Gasteiger charge is 2.16. The van der Waals surface area contributed by atoms with Crippen molar-refractivity contribution in [1.29, 1.82) is 0 Å². The molecule has 0 heterocycles. The molecule has 0 fully saturated rings. The van der Waals surface area contributed by atoms with Crippen molar-refractivity contribution in [2.24, 2.45) is 0 Å². The van der Waals surface area contributed by atoms with Gasteiger partial charge in [0.2, 0.25) is 11.8 Å². The van der Waals surface area contributed by atoms with Crippen molar-refractivity contribution in [3.63, 3.8) is 0 Å². The molecule has 2 amide bonds. The SMILES string of the molecule is CCc1ccc(NC(=O)CS[C@@H](C)C(=O)Nc2cccc(Cl)c2C)cc1. The predicted octanol–water partition coefficient (Wildman–Crippen LogP) is 4.91. The molecule has 0 aliphatic carbocycles. The van der Waals surface area contributed by atoms with Gasteiger partial charge in [-0.2, -0.15) is 0 Å². The van der Waals surface area contributed by atoms with Gasteiger partial charge in [-0.05, 0) is 55.7 Å². The third-order valence-electron chi connectivity index (χ3n) is 4.01. The highest BCUT2D eigenvalue weighted by Crippen LogP contribution is 2.24. The molecule has 138 valence electrons. The van der Waals surface area contributed by atoms with Crippen LogP contribution in [0.3, 0.4) is 0 Å². The van der Waals surface area contributed by atoms with E-state index in [9.17, 15) is 9.59 Å². The fourth-order valence-electron chi connectivity index (χ4n) is 2.27. The van der Waals surface area contributed by atoms with Gasteiger partial charge in [-0.25, -0.2) is 0 Å². The second-order valence-corrected chi connectivity index (χ2v) is 7.69. The second-order valence-electron chi connectivity index (χ2n) is 5.95. The fourth-order valence-corrected chi connectivity index (χ4v) is 3.13. The van der Waals surface area contributed by atoms with E-state index >= 15 is 0 Å². The Balaban J connectivity index is 1.82. The molecular formula is C20H23ClN2O2S. The van der Waals surface area contributed by atoms with Crippen molar-refractivity contribution in [3.8, 4) is 0 Å². The van der Waals surface area contributed by atoms with Crippen LogP contribution in [0.1, 0.15) is 25.0 Å². The van der Waals surface area contributed by atoms with Crippen LogP contribution < -0.4 is 10.6 Å². The van der Waals surface area contributed by atoms with E-state index in [1.165, 1.54) is 17.3 Å². The van der Waals surface area contributed by atoms with Crippen molar-refractivity contribution in [1.82, 2.24) is 0 Å². The van der Waals surface area contributed by atoms with Gasteiger partial charge in [0, 0.05) is 16.4 Å². The Bertz CT molecular complexity index is 778. The number of thioether (sulfide) groups is 1. The van der Waals surface area contributed by atoms with Crippen LogP contribution in [-0.4, -0.2) is 22.8 Å². The second kappa shape index (κ2) is 9.64. The van der Waals surface area contributed by atoms with Gasteiger partial charge in [0.1, 0.15) is 0 Å². The fraction of sp³-hybridized carbons (Fsp3) is 0.300. The molecule has 4 nitrogen and oxygen atoms in total. The number of hydrogen-bond donors (Lipinski definition) is 2. The summed E-state index contributed by atoms with van der Waals surface area (Å²) in [7, 11) is 0. The van der Waals surface area contributed by atoms with Crippen LogP contribution in [0.2, 0.25) is 5.02 Å². The average molecular weight is 391 g/mol. The summed E-state index contributed by atoms with van der Waals surface area (Å²) in [4.78, 5) is 24.4. The van der Waals surface area contributed by atoms with E-state index < -0.39 is 0 Å². The summed E-state index contributed by atoms with van der Waals surface area (Å²) >= 11 is 7.36. The molecule has 0 unspecified atom stereocenters. The van der Waals surface area contributed by atoms with Gasteiger partial charge in [-0.1, -0.05) is 36.7 Å². The van der Waals surface area contributed by atoms with Crippen molar-refractivity contribution in [2.45, 2.75) is 32.4 Å². The zero-order chi connectivity index (χ0) is 19.1. The monoisotopic (exact) mass is 390 g/mol. The zero-order valence-electron chi connectivity index (χ0n) is 15.1. The summed E-state index contributed by atoms with van der Waals surface area (Å²) in [6.07, 6.45) is 0.961. The van der Waals surface area contributed by atoms with Crippen LogP contribution in [-0.2, 0) is 16.0 Å².